The van der Waals surface area contributed by atoms with E-state index in [-0.39, 0.29) is 5.12 Å². The number of carbonyl (C=O) groups is 1. The van der Waals surface area contributed by atoms with E-state index in [4.69, 9.17) is 12.2 Å². The smallest absolute Gasteiger partial charge is 0.242 e. The summed E-state index contributed by atoms with van der Waals surface area (Å²) in [4.78, 5) is 10.9. The van der Waals surface area contributed by atoms with Gasteiger partial charge in [0.15, 0.2) is 0 Å². The standard InChI is InChI=1S/C6H7NOS2/c1-2-3-4-5(8)10-6(9)7-4/h3H,2H2,1H3,(H,7,9). The van der Waals surface area contributed by atoms with Gasteiger partial charge in [0.1, 0.15) is 4.32 Å². The SMILES string of the molecule is CCC=C1NC(=S)SC1=O. The van der Waals surface area contributed by atoms with E-state index in [0.29, 0.717) is 10.0 Å². The number of rotatable bonds is 1. The molecule has 0 atom stereocenters. The fourth-order valence-corrected chi connectivity index (χ4v) is 1.57. The molecule has 0 spiro atoms. The predicted molar refractivity (Wildman–Crippen MR) is 46.7 cm³/mol. The van der Waals surface area contributed by atoms with Gasteiger partial charge in [0.05, 0.1) is 5.70 Å². The molecule has 1 N–H and O–H groups in total. The van der Waals surface area contributed by atoms with Gasteiger partial charge >= 0.3 is 0 Å². The van der Waals surface area contributed by atoms with Crippen LogP contribution >= 0.6 is 24.0 Å². The van der Waals surface area contributed by atoms with Crippen molar-refractivity contribution in [3.05, 3.63) is 11.8 Å². The highest BCUT2D eigenvalue weighted by Crippen LogP contribution is 2.18. The zero-order valence-electron chi connectivity index (χ0n) is 5.51. The lowest BCUT2D eigenvalue weighted by Crippen LogP contribution is -2.09. The van der Waals surface area contributed by atoms with Gasteiger partial charge in [0.2, 0.25) is 5.12 Å². The zero-order chi connectivity index (χ0) is 7.56. The lowest BCUT2D eigenvalue weighted by molar-refractivity contribution is -0.107. The van der Waals surface area contributed by atoms with Crippen molar-refractivity contribution in [2.45, 2.75) is 13.3 Å². The van der Waals surface area contributed by atoms with Crippen LogP contribution in [-0.4, -0.2) is 9.44 Å². The topological polar surface area (TPSA) is 29.1 Å². The summed E-state index contributed by atoms with van der Waals surface area (Å²) in [5, 5.41) is 2.84. The Morgan fingerprint density at radius 1 is 1.80 bits per heavy atom. The molecule has 1 heterocycles. The third-order valence-electron chi connectivity index (χ3n) is 1.05. The first-order valence-electron chi connectivity index (χ1n) is 2.97. The summed E-state index contributed by atoms with van der Waals surface area (Å²) >= 11 is 5.86. The summed E-state index contributed by atoms with van der Waals surface area (Å²) in [6.45, 7) is 1.98. The Morgan fingerprint density at radius 2 is 2.50 bits per heavy atom. The number of hydrogen-bond donors (Lipinski definition) is 1. The Bertz CT molecular complexity index is 210. The van der Waals surface area contributed by atoms with Crippen LogP contribution in [0.3, 0.4) is 0 Å². The monoisotopic (exact) mass is 173 g/mol. The first-order chi connectivity index (χ1) is 4.74. The highest BCUT2D eigenvalue weighted by atomic mass is 32.2. The van der Waals surface area contributed by atoms with Gasteiger partial charge in [-0.2, -0.15) is 0 Å². The van der Waals surface area contributed by atoms with Crippen LogP contribution < -0.4 is 5.32 Å². The third-order valence-corrected chi connectivity index (χ3v) is 2.10. The van der Waals surface area contributed by atoms with Crippen molar-refractivity contribution in [2.75, 3.05) is 0 Å². The molecule has 0 unspecified atom stereocenters. The van der Waals surface area contributed by atoms with Crippen LogP contribution in [0.5, 0.6) is 0 Å². The molecule has 0 aromatic rings. The lowest BCUT2D eigenvalue weighted by atomic mass is 10.3. The molecule has 0 radical (unpaired) electrons. The largest absolute Gasteiger partial charge is 0.337 e. The second kappa shape index (κ2) is 3.16. The number of thioether (sulfide) groups is 1. The number of thiocarbonyl (C=S) groups is 1. The van der Waals surface area contributed by atoms with Crippen molar-refractivity contribution >= 4 is 33.4 Å². The molecule has 1 rings (SSSR count). The van der Waals surface area contributed by atoms with Crippen LogP contribution in [-0.2, 0) is 4.79 Å². The molecule has 0 amide bonds. The maximum atomic E-state index is 10.9. The Labute approximate surface area is 69.1 Å². The second-order valence-electron chi connectivity index (χ2n) is 1.83. The molecule has 0 aromatic heterocycles. The van der Waals surface area contributed by atoms with Gasteiger partial charge in [-0.25, -0.2) is 0 Å². The highest BCUT2D eigenvalue weighted by Gasteiger charge is 2.21. The summed E-state index contributed by atoms with van der Waals surface area (Å²) in [6.07, 6.45) is 2.70. The van der Waals surface area contributed by atoms with Gasteiger partial charge < -0.3 is 5.32 Å². The van der Waals surface area contributed by atoms with Crippen LogP contribution in [0.15, 0.2) is 11.8 Å². The molecule has 1 fully saturated rings. The van der Waals surface area contributed by atoms with E-state index in [2.05, 4.69) is 5.32 Å². The van der Waals surface area contributed by atoms with E-state index >= 15 is 0 Å². The van der Waals surface area contributed by atoms with Gasteiger partial charge in [-0.1, -0.05) is 25.2 Å². The Kier molecular flexibility index (Phi) is 2.45. The van der Waals surface area contributed by atoms with Crippen LogP contribution in [0, 0.1) is 0 Å². The lowest BCUT2D eigenvalue weighted by Gasteiger charge is -1.90. The van der Waals surface area contributed by atoms with E-state index in [1.807, 2.05) is 13.0 Å². The summed E-state index contributed by atoms with van der Waals surface area (Å²) in [6, 6.07) is 0. The summed E-state index contributed by atoms with van der Waals surface area (Å²) in [7, 11) is 0. The number of allylic oxidation sites excluding steroid dienone is 1. The van der Waals surface area contributed by atoms with E-state index in [1.165, 1.54) is 0 Å². The summed E-state index contributed by atoms with van der Waals surface area (Å²) < 4.78 is 0.560. The molecule has 1 saturated heterocycles. The van der Waals surface area contributed by atoms with Crippen molar-refractivity contribution in [3.63, 3.8) is 0 Å². The first kappa shape index (κ1) is 7.75. The van der Waals surface area contributed by atoms with E-state index in [0.717, 1.165) is 18.2 Å². The maximum Gasteiger partial charge on any atom is 0.242 e. The minimum absolute atomic E-state index is 0.0341. The predicted octanol–water partition coefficient (Wildman–Crippen LogP) is 1.43. The molecule has 1 aliphatic rings. The van der Waals surface area contributed by atoms with Crippen molar-refractivity contribution in [3.8, 4) is 0 Å². The van der Waals surface area contributed by atoms with Crippen LogP contribution in [0.4, 0.5) is 0 Å². The minimum atomic E-state index is 0.0341. The van der Waals surface area contributed by atoms with Gasteiger partial charge in [-0.15, -0.1) is 0 Å². The number of nitrogens with one attached hydrogen (secondary N) is 1. The van der Waals surface area contributed by atoms with E-state index in [1.54, 1.807) is 0 Å². The number of hydrogen-bond acceptors (Lipinski definition) is 3. The minimum Gasteiger partial charge on any atom is -0.337 e. The molecule has 0 bridgehead atoms. The molecule has 4 heteroatoms. The van der Waals surface area contributed by atoms with Crippen LogP contribution in [0.1, 0.15) is 13.3 Å². The normalized spacial score (nSPS) is 21.9. The molecular weight excluding hydrogens is 166 g/mol. The summed E-state index contributed by atoms with van der Waals surface area (Å²) in [5.74, 6) is 0. The fraction of sp³-hybridized carbons (Fsp3) is 0.333. The van der Waals surface area contributed by atoms with Gasteiger partial charge in [-0.05, 0) is 18.2 Å². The van der Waals surface area contributed by atoms with Crippen molar-refractivity contribution < 1.29 is 4.79 Å². The highest BCUT2D eigenvalue weighted by molar-refractivity contribution is 8.33. The Hall–Kier alpha value is -0.350. The van der Waals surface area contributed by atoms with Gasteiger partial charge in [0.25, 0.3) is 0 Å². The second-order valence-corrected chi connectivity index (χ2v) is 3.48. The quantitative estimate of drug-likeness (QED) is 0.480. The molecule has 0 aliphatic carbocycles. The third kappa shape index (κ3) is 1.58. The van der Waals surface area contributed by atoms with Crippen molar-refractivity contribution in [1.29, 1.82) is 0 Å². The average molecular weight is 173 g/mol. The molecule has 0 saturated carbocycles. The molecule has 1 aliphatic heterocycles. The number of carbonyl (C=O) groups excluding carboxylic acids is 1. The Morgan fingerprint density at radius 3 is 2.90 bits per heavy atom. The fourth-order valence-electron chi connectivity index (χ4n) is 0.664. The molecular formula is C6H7NOS2. The van der Waals surface area contributed by atoms with E-state index in [9.17, 15) is 4.79 Å². The Balaban J connectivity index is 2.72. The summed E-state index contributed by atoms with van der Waals surface area (Å²) in [5.41, 5.74) is 0.637. The maximum absolute atomic E-state index is 10.9. The first-order valence-corrected chi connectivity index (χ1v) is 4.20. The molecule has 0 aromatic carbocycles. The van der Waals surface area contributed by atoms with Gasteiger partial charge in [-0.3, -0.25) is 4.79 Å². The molecule has 2 nitrogen and oxygen atoms in total. The molecule has 10 heavy (non-hydrogen) atoms. The van der Waals surface area contributed by atoms with Gasteiger partial charge in [0, 0.05) is 0 Å². The van der Waals surface area contributed by atoms with Crippen molar-refractivity contribution in [1.82, 2.24) is 5.32 Å². The molecule has 54 valence electrons. The van der Waals surface area contributed by atoms with Crippen molar-refractivity contribution in [2.24, 2.45) is 0 Å². The van der Waals surface area contributed by atoms with E-state index < -0.39 is 0 Å². The van der Waals surface area contributed by atoms with Crippen LogP contribution in [0.2, 0.25) is 0 Å². The average Bonchev–Trinajstić information content (AvgIpc) is 2.13. The van der Waals surface area contributed by atoms with Crippen LogP contribution in [0.25, 0.3) is 0 Å². The zero-order valence-corrected chi connectivity index (χ0v) is 7.14.